The fraction of sp³-hybridized carbons (Fsp3) is 0.278. The number of imide groups is 1. The van der Waals surface area contributed by atoms with E-state index in [1.165, 1.54) is 0 Å². The Morgan fingerprint density at radius 2 is 2.04 bits per heavy atom. The molecule has 2 heterocycles. The van der Waals surface area contributed by atoms with Crippen LogP contribution in [0.5, 0.6) is 0 Å². The van der Waals surface area contributed by atoms with Crippen LogP contribution in [0.4, 0.5) is 4.79 Å². The number of aromatic nitrogens is 1. The summed E-state index contributed by atoms with van der Waals surface area (Å²) in [5.41, 5.74) is 1.91. The highest BCUT2D eigenvalue weighted by Crippen LogP contribution is 2.34. The minimum atomic E-state index is -1.21. The summed E-state index contributed by atoms with van der Waals surface area (Å²) in [6, 6.07) is 8.19. The molecule has 7 heteroatoms. The number of hydrogen-bond donors (Lipinski definition) is 1. The molecule has 2 amide bonds. The molecule has 1 aromatic heterocycles. The largest absolute Gasteiger partial charge is 0.480 e. The van der Waals surface area contributed by atoms with Gasteiger partial charge in [0.2, 0.25) is 0 Å². The lowest BCUT2D eigenvalue weighted by molar-refractivity contribution is -0.140. The van der Waals surface area contributed by atoms with Crippen molar-refractivity contribution >= 4 is 45.9 Å². The molecule has 130 valence electrons. The summed E-state index contributed by atoms with van der Waals surface area (Å²) < 4.78 is 2.16. The Morgan fingerprint density at radius 3 is 2.72 bits per heavy atom. The molecule has 0 spiro atoms. The molecule has 1 aliphatic heterocycles. The highest BCUT2D eigenvalue weighted by atomic mass is 32.2. The average Bonchev–Trinajstić information content (AvgIpc) is 3.07. The first-order valence-corrected chi connectivity index (χ1v) is 8.80. The van der Waals surface area contributed by atoms with Gasteiger partial charge in [-0.2, -0.15) is 0 Å². The van der Waals surface area contributed by atoms with E-state index in [0.29, 0.717) is 6.04 Å². The smallest absolute Gasteiger partial charge is 0.323 e. The molecule has 1 aliphatic rings. The molecule has 0 radical (unpaired) electrons. The SMILES string of the molecule is CC[C@H](C)n1cc(/C=C2/SC(=O)N(CC(=O)O)C2=O)c2ccccc21. The fourth-order valence-corrected chi connectivity index (χ4v) is 3.65. The summed E-state index contributed by atoms with van der Waals surface area (Å²) >= 11 is 0.777. The number of thioether (sulfide) groups is 1. The highest BCUT2D eigenvalue weighted by molar-refractivity contribution is 8.18. The molecule has 1 saturated heterocycles. The van der Waals surface area contributed by atoms with Crippen molar-refractivity contribution in [2.75, 3.05) is 6.54 Å². The third-order valence-electron chi connectivity index (χ3n) is 4.29. The monoisotopic (exact) mass is 358 g/mol. The van der Waals surface area contributed by atoms with Crippen molar-refractivity contribution in [3.63, 3.8) is 0 Å². The summed E-state index contributed by atoms with van der Waals surface area (Å²) in [5, 5.41) is 9.28. The van der Waals surface area contributed by atoms with E-state index in [9.17, 15) is 14.4 Å². The summed E-state index contributed by atoms with van der Waals surface area (Å²) in [6.07, 6.45) is 4.62. The zero-order valence-electron chi connectivity index (χ0n) is 13.9. The van der Waals surface area contributed by atoms with E-state index < -0.39 is 23.7 Å². The first-order chi connectivity index (χ1) is 11.9. The standard InChI is InChI=1S/C18H18N2O4S/c1-3-11(2)19-9-12(13-6-4-5-7-14(13)19)8-15-17(23)20(10-16(21)22)18(24)25-15/h4-9,11H,3,10H2,1-2H3,(H,21,22)/b15-8+/t11-/m0/s1. The van der Waals surface area contributed by atoms with Crippen LogP contribution in [0.1, 0.15) is 31.9 Å². The lowest BCUT2D eigenvalue weighted by Crippen LogP contribution is -2.33. The Labute approximate surface area is 149 Å². The molecule has 1 N–H and O–H groups in total. The van der Waals surface area contributed by atoms with Gasteiger partial charge in [0.25, 0.3) is 11.1 Å². The van der Waals surface area contributed by atoms with Gasteiger partial charge in [0.15, 0.2) is 0 Å². The number of para-hydroxylation sites is 1. The van der Waals surface area contributed by atoms with Gasteiger partial charge in [-0.25, -0.2) is 0 Å². The van der Waals surface area contributed by atoms with Gasteiger partial charge in [-0.1, -0.05) is 25.1 Å². The molecule has 0 saturated carbocycles. The van der Waals surface area contributed by atoms with E-state index in [4.69, 9.17) is 5.11 Å². The molecule has 1 atom stereocenters. The van der Waals surface area contributed by atoms with Gasteiger partial charge in [-0.05, 0) is 37.2 Å². The number of rotatable bonds is 5. The zero-order valence-corrected chi connectivity index (χ0v) is 14.7. The zero-order chi connectivity index (χ0) is 18.1. The second-order valence-electron chi connectivity index (χ2n) is 5.93. The van der Waals surface area contributed by atoms with E-state index in [0.717, 1.165) is 39.5 Å². The molecule has 3 rings (SSSR count). The lowest BCUT2D eigenvalue weighted by atomic mass is 10.1. The van der Waals surface area contributed by atoms with Crippen LogP contribution in [0.25, 0.3) is 17.0 Å². The Bertz CT molecular complexity index is 900. The third kappa shape index (κ3) is 3.19. The van der Waals surface area contributed by atoms with Crippen molar-refractivity contribution < 1.29 is 19.5 Å². The number of benzene rings is 1. The summed E-state index contributed by atoms with van der Waals surface area (Å²) in [4.78, 5) is 36.1. The minimum absolute atomic E-state index is 0.248. The molecule has 6 nitrogen and oxygen atoms in total. The molecule has 2 aromatic rings. The molecule has 0 unspecified atom stereocenters. The molecule has 0 bridgehead atoms. The fourth-order valence-electron chi connectivity index (χ4n) is 2.82. The van der Waals surface area contributed by atoms with Crippen molar-refractivity contribution in [1.82, 2.24) is 9.47 Å². The number of carboxylic acid groups (broad SMARTS) is 1. The quantitative estimate of drug-likeness (QED) is 0.824. The lowest BCUT2D eigenvalue weighted by Gasteiger charge is -2.12. The van der Waals surface area contributed by atoms with Crippen molar-refractivity contribution in [3.05, 3.63) is 40.9 Å². The second-order valence-corrected chi connectivity index (χ2v) is 6.92. The average molecular weight is 358 g/mol. The van der Waals surface area contributed by atoms with E-state index in [1.54, 1.807) is 6.08 Å². The maximum Gasteiger partial charge on any atom is 0.323 e. The number of hydrogen-bond acceptors (Lipinski definition) is 4. The maximum absolute atomic E-state index is 12.3. The van der Waals surface area contributed by atoms with Crippen LogP contribution in [-0.4, -0.2) is 38.2 Å². The summed E-state index contributed by atoms with van der Waals surface area (Å²) in [7, 11) is 0. The third-order valence-corrected chi connectivity index (χ3v) is 5.20. The predicted octanol–water partition coefficient (Wildman–Crippen LogP) is 3.73. The van der Waals surface area contributed by atoms with Crippen molar-refractivity contribution in [2.24, 2.45) is 0 Å². The molecule has 1 aromatic carbocycles. The molecule has 0 aliphatic carbocycles. The van der Waals surface area contributed by atoms with Gasteiger partial charge >= 0.3 is 5.97 Å². The van der Waals surface area contributed by atoms with Gasteiger partial charge in [0, 0.05) is 28.7 Å². The Morgan fingerprint density at radius 1 is 1.32 bits per heavy atom. The van der Waals surface area contributed by atoms with Crippen LogP contribution in [0.15, 0.2) is 35.4 Å². The minimum Gasteiger partial charge on any atom is -0.480 e. The van der Waals surface area contributed by atoms with Crippen LogP contribution >= 0.6 is 11.8 Å². The molecule has 1 fully saturated rings. The number of nitrogens with zero attached hydrogens (tertiary/aromatic N) is 2. The number of carbonyl (C=O) groups excluding carboxylic acids is 2. The van der Waals surface area contributed by atoms with Crippen LogP contribution in [-0.2, 0) is 9.59 Å². The van der Waals surface area contributed by atoms with Crippen LogP contribution in [0.3, 0.4) is 0 Å². The number of carboxylic acids is 1. The normalized spacial score (nSPS) is 17.7. The number of aliphatic carboxylic acids is 1. The van der Waals surface area contributed by atoms with Crippen molar-refractivity contribution in [2.45, 2.75) is 26.3 Å². The predicted molar refractivity (Wildman–Crippen MR) is 97.3 cm³/mol. The van der Waals surface area contributed by atoms with Crippen molar-refractivity contribution in [3.8, 4) is 0 Å². The number of fused-ring (bicyclic) bond motifs is 1. The van der Waals surface area contributed by atoms with Gasteiger partial charge in [0.05, 0.1) is 4.91 Å². The maximum atomic E-state index is 12.3. The van der Waals surface area contributed by atoms with Crippen LogP contribution < -0.4 is 0 Å². The van der Waals surface area contributed by atoms with E-state index in [2.05, 4.69) is 18.4 Å². The van der Waals surface area contributed by atoms with Gasteiger partial charge in [0.1, 0.15) is 6.54 Å². The Kier molecular flexibility index (Phi) is 4.67. The summed E-state index contributed by atoms with van der Waals surface area (Å²) in [6.45, 7) is 3.62. The van der Waals surface area contributed by atoms with Gasteiger partial charge in [-0.3, -0.25) is 19.3 Å². The first-order valence-electron chi connectivity index (χ1n) is 7.99. The van der Waals surface area contributed by atoms with Crippen LogP contribution in [0.2, 0.25) is 0 Å². The van der Waals surface area contributed by atoms with E-state index >= 15 is 0 Å². The Hall–Kier alpha value is -2.54. The molecular weight excluding hydrogens is 340 g/mol. The molecule has 25 heavy (non-hydrogen) atoms. The van der Waals surface area contributed by atoms with Gasteiger partial charge in [-0.15, -0.1) is 0 Å². The van der Waals surface area contributed by atoms with E-state index in [-0.39, 0.29) is 4.91 Å². The summed E-state index contributed by atoms with van der Waals surface area (Å²) in [5.74, 6) is -1.77. The second kappa shape index (κ2) is 6.76. The Balaban J connectivity index is 2.03. The van der Waals surface area contributed by atoms with Gasteiger partial charge < -0.3 is 9.67 Å². The first kappa shape index (κ1) is 17.3. The molecular formula is C18H18N2O4S. The number of amides is 2. The van der Waals surface area contributed by atoms with E-state index in [1.807, 2.05) is 30.5 Å². The van der Waals surface area contributed by atoms with Crippen molar-refractivity contribution in [1.29, 1.82) is 0 Å². The van der Waals surface area contributed by atoms with Crippen LogP contribution in [0, 0.1) is 0 Å². The number of carbonyl (C=O) groups is 3. The highest BCUT2D eigenvalue weighted by Gasteiger charge is 2.36. The topological polar surface area (TPSA) is 79.6 Å².